The Labute approximate surface area is 156 Å². The van der Waals surface area contributed by atoms with Crippen molar-refractivity contribution in [2.45, 2.75) is 6.92 Å². The van der Waals surface area contributed by atoms with Crippen LogP contribution in [-0.4, -0.2) is 19.3 Å². The lowest BCUT2D eigenvalue weighted by Gasteiger charge is -2.12. The first-order chi connectivity index (χ1) is 12.5. The number of hydrogen-bond donors (Lipinski definition) is 2. The third-order valence-electron chi connectivity index (χ3n) is 4.22. The van der Waals surface area contributed by atoms with Gasteiger partial charge >= 0.3 is 0 Å². The molecule has 0 saturated heterocycles. The number of halogens is 1. The first-order valence-corrected chi connectivity index (χ1v) is 8.62. The van der Waals surface area contributed by atoms with E-state index in [4.69, 9.17) is 11.6 Å². The minimum atomic E-state index is 0.561. The molecule has 4 rings (SSSR count). The zero-order valence-electron chi connectivity index (χ0n) is 14.8. The summed E-state index contributed by atoms with van der Waals surface area (Å²) in [7, 11) is 3.91. The van der Waals surface area contributed by atoms with Crippen LogP contribution in [0, 0.1) is 6.92 Å². The van der Waals surface area contributed by atoms with E-state index in [2.05, 4.69) is 39.2 Å². The maximum atomic E-state index is 6.37. The molecule has 0 amide bonds. The van der Waals surface area contributed by atoms with E-state index < -0.39 is 0 Å². The van der Waals surface area contributed by atoms with Crippen molar-refractivity contribution in [1.82, 2.24) is 19.3 Å². The first-order valence-electron chi connectivity index (χ1n) is 8.24. The van der Waals surface area contributed by atoms with Gasteiger partial charge in [-0.05, 0) is 13.0 Å². The number of nitrogens with one attached hydrogen (secondary N) is 2. The highest BCUT2D eigenvalue weighted by atomic mass is 35.5. The highest BCUT2D eigenvalue weighted by Gasteiger charge is 2.09. The minimum absolute atomic E-state index is 0.561. The summed E-state index contributed by atoms with van der Waals surface area (Å²) >= 11 is 6.37. The monoisotopic (exact) mass is 366 g/mol. The Morgan fingerprint density at radius 3 is 2.62 bits per heavy atom. The van der Waals surface area contributed by atoms with Gasteiger partial charge in [-0.3, -0.25) is 4.68 Å². The van der Waals surface area contributed by atoms with Crippen molar-refractivity contribution in [3.63, 3.8) is 0 Å². The molecule has 6 nitrogen and oxygen atoms in total. The molecule has 0 atom stereocenters. The Kier molecular flexibility index (Phi) is 4.05. The fourth-order valence-electron chi connectivity index (χ4n) is 3.02. The number of benzene rings is 1. The van der Waals surface area contributed by atoms with Crippen LogP contribution in [0.2, 0.25) is 5.02 Å². The molecule has 0 aliphatic rings. The molecule has 0 bridgehead atoms. The molecular formula is C19H19ClN6. The number of hydrogen-bond acceptors (Lipinski definition) is 4. The van der Waals surface area contributed by atoms with Crippen LogP contribution >= 0.6 is 11.6 Å². The van der Waals surface area contributed by atoms with Crippen LogP contribution in [0.15, 0.2) is 49.1 Å². The molecule has 1 aromatic carbocycles. The molecule has 0 spiro atoms. The van der Waals surface area contributed by atoms with Gasteiger partial charge in [-0.15, -0.1) is 0 Å². The van der Waals surface area contributed by atoms with Crippen LogP contribution in [0.5, 0.6) is 0 Å². The molecule has 0 radical (unpaired) electrons. The standard InChI is InChI=1S/C19H19ClN6/c1-12-18(11-26(3)24-12)23-19-7-17(15(20)8-21-19)22-16-6-4-5-13-9-25(2)10-14(13)16/h4-11H,1-3H3,(H2,21,22,23). The second-order valence-electron chi connectivity index (χ2n) is 6.33. The maximum absolute atomic E-state index is 6.37. The fourth-order valence-corrected chi connectivity index (χ4v) is 3.17. The number of nitrogens with zero attached hydrogens (tertiary/aromatic N) is 4. The van der Waals surface area contributed by atoms with Gasteiger partial charge in [-0.25, -0.2) is 4.98 Å². The summed E-state index contributed by atoms with van der Waals surface area (Å²) in [4.78, 5) is 4.37. The first kappa shape index (κ1) is 16.5. The second kappa shape index (κ2) is 6.38. The summed E-state index contributed by atoms with van der Waals surface area (Å²) in [5, 5.41) is 13.9. The lowest BCUT2D eigenvalue weighted by Crippen LogP contribution is -1.97. The Morgan fingerprint density at radius 1 is 1.00 bits per heavy atom. The summed E-state index contributed by atoms with van der Waals surface area (Å²) in [6.07, 6.45) is 7.74. The molecule has 4 aromatic rings. The average Bonchev–Trinajstić information content (AvgIpc) is 3.12. The van der Waals surface area contributed by atoms with Gasteiger partial charge in [-0.1, -0.05) is 23.7 Å². The Morgan fingerprint density at radius 2 is 1.85 bits per heavy atom. The summed E-state index contributed by atoms with van der Waals surface area (Å²) in [6, 6.07) is 8.05. The molecule has 0 aliphatic heterocycles. The highest BCUT2D eigenvalue weighted by molar-refractivity contribution is 6.33. The quantitative estimate of drug-likeness (QED) is 0.547. The van der Waals surface area contributed by atoms with Gasteiger partial charge in [0.25, 0.3) is 0 Å². The van der Waals surface area contributed by atoms with E-state index in [1.807, 2.05) is 50.0 Å². The van der Waals surface area contributed by atoms with E-state index in [0.717, 1.165) is 28.1 Å². The third-order valence-corrected chi connectivity index (χ3v) is 4.52. The lowest BCUT2D eigenvalue weighted by atomic mass is 10.2. The number of aryl methyl sites for hydroxylation is 3. The van der Waals surface area contributed by atoms with Crippen molar-refractivity contribution in [2.24, 2.45) is 14.1 Å². The SMILES string of the molecule is Cc1nn(C)cc1Nc1cc(Nc2cccc3cn(C)cc23)c(Cl)cn1. The number of pyridine rings is 1. The van der Waals surface area contributed by atoms with E-state index >= 15 is 0 Å². The van der Waals surface area contributed by atoms with Crippen LogP contribution < -0.4 is 10.6 Å². The van der Waals surface area contributed by atoms with Crippen molar-refractivity contribution in [2.75, 3.05) is 10.6 Å². The molecule has 3 heterocycles. The molecule has 0 fully saturated rings. The number of aromatic nitrogens is 4. The van der Waals surface area contributed by atoms with E-state index in [1.54, 1.807) is 10.9 Å². The van der Waals surface area contributed by atoms with Crippen LogP contribution in [0.4, 0.5) is 22.9 Å². The zero-order valence-corrected chi connectivity index (χ0v) is 15.5. The number of anilines is 4. The van der Waals surface area contributed by atoms with Crippen LogP contribution in [-0.2, 0) is 14.1 Å². The predicted octanol–water partition coefficient (Wildman–Crippen LogP) is 4.76. The van der Waals surface area contributed by atoms with Gasteiger partial charge in [0.15, 0.2) is 0 Å². The van der Waals surface area contributed by atoms with Gasteiger partial charge in [-0.2, -0.15) is 5.10 Å². The Balaban J connectivity index is 1.67. The molecule has 26 heavy (non-hydrogen) atoms. The zero-order chi connectivity index (χ0) is 18.3. The average molecular weight is 367 g/mol. The summed E-state index contributed by atoms with van der Waals surface area (Å²) < 4.78 is 3.81. The van der Waals surface area contributed by atoms with Crippen molar-refractivity contribution in [3.8, 4) is 0 Å². The third kappa shape index (κ3) is 3.11. The normalized spacial score (nSPS) is 11.1. The summed E-state index contributed by atoms with van der Waals surface area (Å²) in [5.74, 6) is 0.702. The van der Waals surface area contributed by atoms with Gasteiger partial charge in [0.1, 0.15) is 5.82 Å². The topological polar surface area (TPSA) is 59.7 Å². The molecule has 2 N–H and O–H groups in total. The highest BCUT2D eigenvalue weighted by Crippen LogP contribution is 2.32. The van der Waals surface area contributed by atoms with Gasteiger partial charge < -0.3 is 15.2 Å². The molecule has 0 unspecified atom stereocenters. The summed E-state index contributed by atoms with van der Waals surface area (Å²) in [5.41, 5.74) is 3.62. The van der Waals surface area contributed by atoms with Crippen LogP contribution in [0.25, 0.3) is 10.8 Å². The minimum Gasteiger partial charge on any atom is -0.356 e. The van der Waals surface area contributed by atoms with E-state index in [-0.39, 0.29) is 0 Å². The van der Waals surface area contributed by atoms with Gasteiger partial charge in [0.2, 0.25) is 0 Å². The van der Waals surface area contributed by atoms with Crippen LogP contribution in [0.1, 0.15) is 5.69 Å². The van der Waals surface area contributed by atoms with Crippen molar-refractivity contribution in [1.29, 1.82) is 0 Å². The Hall–Kier alpha value is -2.99. The largest absolute Gasteiger partial charge is 0.356 e. The van der Waals surface area contributed by atoms with Crippen LogP contribution in [0.3, 0.4) is 0 Å². The smallest absolute Gasteiger partial charge is 0.132 e. The lowest BCUT2D eigenvalue weighted by molar-refractivity contribution is 0.756. The second-order valence-corrected chi connectivity index (χ2v) is 6.74. The molecule has 3 aromatic heterocycles. The predicted molar refractivity (Wildman–Crippen MR) is 107 cm³/mol. The fraction of sp³-hybridized carbons (Fsp3) is 0.158. The Bertz CT molecular complexity index is 1090. The van der Waals surface area contributed by atoms with E-state index in [1.165, 1.54) is 5.39 Å². The molecule has 0 saturated carbocycles. The molecule has 132 valence electrons. The number of fused-ring (bicyclic) bond motifs is 1. The van der Waals surface area contributed by atoms with Crippen molar-refractivity contribution >= 4 is 45.3 Å². The maximum Gasteiger partial charge on any atom is 0.132 e. The van der Waals surface area contributed by atoms with E-state index in [0.29, 0.717) is 10.8 Å². The summed E-state index contributed by atoms with van der Waals surface area (Å²) in [6.45, 7) is 1.95. The molecule has 0 aliphatic carbocycles. The van der Waals surface area contributed by atoms with Gasteiger partial charge in [0, 0.05) is 55.2 Å². The van der Waals surface area contributed by atoms with Gasteiger partial charge in [0.05, 0.1) is 28.3 Å². The number of rotatable bonds is 4. The van der Waals surface area contributed by atoms with E-state index in [9.17, 15) is 0 Å². The molecule has 7 heteroatoms. The van der Waals surface area contributed by atoms with Crippen molar-refractivity contribution < 1.29 is 0 Å². The van der Waals surface area contributed by atoms with Crippen molar-refractivity contribution in [3.05, 3.63) is 59.8 Å². The molecular weight excluding hydrogens is 348 g/mol.